The first kappa shape index (κ1) is 10.5. The summed E-state index contributed by atoms with van der Waals surface area (Å²) in [7, 11) is 0. The highest BCUT2D eigenvalue weighted by Gasteiger charge is 2.31. The fraction of sp³-hybridized carbons (Fsp3) is 0.556. The van der Waals surface area contributed by atoms with Crippen molar-refractivity contribution in [1.82, 2.24) is 10.1 Å². The molecule has 15 heavy (non-hydrogen) atoms. The van der Waals surface area contributed by atoms with Crippen LogP contribution in [0.1, 0.15) is 30.3 Å². The third-order valence-electron chi connectivity index (χ3n) is 2.55. The van der Waals surface area contributed by atoms with E-state index in [-0.39, 0.29) is 6.04 Å². The molecule has 1 aromatic rings. The average molecular weight is 275 g/mol. The first-order chi connectivity index (χ1) is 7.22. The van der Waals surface area contributed by atoms with E-state index in [2.05, 4.69) is 21.1 Å². The maximum absolute atomic E-state index is 10.9. The summed E-state index contributed by atoms with van der Waals surface area (Å²) in [5.41, 5.74) is 0.712. The summed E-state index contributed by atoms with van der Waals surface area (Å²) in [6.07, 6.45) is 0.814. The average Bonchev–Trinajstić information content (AvgIpc) is 2.85. The highest BCUT2D eigenvalue weighted by atomic mass is 79.9. The van der Waals surface area contributed by atoms with E-state index in [1.54, 1.807) is 6.07 Å². The molecule has 6 heteroatoms. The van der Waals surface area contributed by atoms with Gasteiger partial charge in [0.1, 0.15) is 11.5 Å². The lowest BCUT2D eigenvalue weighted by Gasteiger charge is -2.18. The van der Waals surface area contributed by atoms with Crippen LogP contribution in [0.3, 0.4) is 0 Å². The molecule has 1 aliphatic heterocycles. The Hall–Kier alpha value is -1.04. The standard InChI is InChI=1S/C9H11BrN2O3/c10-5-6-4-7(11-15-6)8-2-1-3-12(8)9(13)14/h4,8H,1-3,5H2,(H,13,14). The van der Waals surface area contributed by atoms with Crippen LogP contribution in [-0.4, -0.2) is 27.8 Å². The first-order valence-electron chi connectivity index (χ1n) is 4.73. The number of aromatic nitrogens is 1. The minimum absolute atomic E-state index is 0.140. The second-order valence-electron chi connectivity index (χ2n) is 3.49. The minimum atomic E-state index is -0.888. The fourth-order valence-corrected chi connectivity index (χ4v) is 2.12. The number of likely N-dealkylation sites (tertiary alicyclic amines) is 1. The first-order valence-corrected chi connectivity index (χ1v) is 5.85. The molecule has 1 unspecified atom stereocenters. The lowest BCUT2D eigenvalue weighted by atomic mass is 10.1. The lowest BCUT2D eigenvalue weighted by Crippen LogP contribution is -2.28. The van der Waals surface area contributed by atoms with Crippen LogP contribution in [0.2, 0.25) is 0 Å². The van der Waals surface area contributed by atoms with E-state index in [1.165, 1.54) is 4.90 Å². The van der Waals surface area contributed by atoms with Gasteiger partial charge in [0, 0.05) is 12.6 Å². The zero-order valence-corrected chi connectivity index (χ0v) is 9.61. The molecule has 0 spiro atoms. The van der Waals surface area contributed by atoms with Gasteiger partial charge in [-0.05, 0) is 12.8 Å². The summed E-state index contributed by atoms with van der Waals surface area (Å²) in [5.74, 6) is 0.724. The maximum Gasteiger partial charge on any atom is 0.407 e. The Kier molecular flexibility index (Phi) is 2.95. The largest absolute Gasteiger partial charge is 0.465 e. The molecule has 1 aromatic heterocycles. The van der Waals surface area contributed by atoms with Crippen molar-refractivity contribution in [1.29, 1.82) is 0 Å². The van der Waals surface area contributed by atoms with Gasteiger partial charge in [0.15, 0.2) is 0 Å². The SMILES string of the molecule is O=C(O)N1CCCC1c1cc(CBr)on1. The fourth-order valence-electron chi connectivity index (χ4n) is 1.85. The number of halogens is 1. The van der Waals surface area contributed by atoms with Gasteiger partial charge in [0.05, 0.1) is 11.4 Å². The van der Waals surface area contributed by atoms with Gasteiger partial charge < -0.3 is 9.63 Å². The molecule has 1 atom stereocenters. The van der Waals surface area contributed by atoms with Gasteiger partial charge in [-0.25, -0.2) is 4.79 Å². The molecule has 0 radical (unpaired) electrons. The molecule has 1 fully saturated rings. The smallest absolute Gasteiger partial charge is 0.407 e. The van der Waals surface area contributed by atoms with Crippen LogP contribution in [0, 0.1) is 0 Å². The van der Waals surface area contributed by atoms with E-state index in [9.17, 15) is 4.79 Å². The number of hydrogen-bond acceptors (Lipinski definition) is 3. The van der Waals surface area contributed by atoms with E-state index < -0.39 is 6.09 Å². The number of alkyl halides is 1. The Morgan fingerprint density at radius 2 is 2.60 bits per heavy atom. The summed E-state index contributed by atoms with van der Waals surface area (Å²) in [4.78, 5) is 12.3. The zero-order valence-electron chi connectivity index (χ0n) is 8.02. The van der Waals surface area contributed by atoms with Crippen LogP contribution in [0.5, 0.6) is 0 Å². The van der Waals surface area contributed by atoms with Crippen LogP contribution >= 0.6 is 15.9 Å². The molecule has 2 rings (SSSR count). The molecular formula is C9H11BrN2O3. The van der Waals surface area contributed by atoms with Gasteiger partial charge in [0.2, 0.25) is 0 Å². The third kappa shape index (κ3) is 1.99. The summed E-state index contributed by atoms with van der Waals surface area (Å²) in [6.45, 7) is 0.580. The van der Waals surface area contributed by atoms with E-state index >= 15 is 0 Å². The zero-order chi connectivity index (χ0) is 10.8. The topological polar surface area (TPSA) is 66.6 Å². The molecule has 1 amide bonds. The van der Waals surface area contributed by atoms with Crippen LogP contribution in [-0.2, 0) is 5.33 Å². The van der Waals surface area contributed by atoms with Gasteiger partial charge in [-0.15, -0.1) is 0 Å². The molecule has 0 aromatic carbocycles. The van der Waals surface area contributed by atoms with E-state index in [1.807, 2.05) is 0 Å². The van der Waals surface area contributed by atoms with Crippen LogP contribution < -0.4 is 0 Å². The van der Waals surface area contributed by atoms with Gasteiger partial charge in [-0.1, -0.05) is 21.1 Å². The van der Waals surface area contributed by atoms with Crippen molar-refractivity contribution >= 4 is 22.0 Å². The highest BCUT2D eigenvalue weighted by molar-refractivity contribution is 9.08. The summed E-state index contributed by atoms with van der Waals surface area (Å²) < 4.78 is 5.04. The molecule has 1 saturated heterocycles. The third-order valence-corrected chi connectivity index (χ3v) is 3.10. The Bertz CT molecular complexity index is 366. The predicted octanol–water partition coefficient (Wildman–Crippen LogP) is 2.38. The number of amides is 1. The van der Waals surface area contributed by atoms with Gasteiger partial charge in [0.25, 0.3) is 0 Å². The number of nitrogens with zero attached hydrogens (tertiary/aromatic N) is 2. The van der Waals surface area contributed by atoms with E-state index in [0.29, 0.717) is 17.6 Å². The van der Waals surface area contributed by atoms with Crippen molar-refractivity contribution in [3.05, 3.63) is 17.5 Å². The van der Waals surface area contributed by atoms with Crippen molar-refractivity contribution in [3.8, 4) is 0 Å². The van der Waals surface area contributed by atoms with Gasteiger partial charge >= 0.3 is 6.09 Å². The van der Waals surface area contributed by atoms with Crippen molar-refractivity contribution in [2.24, 2.45) is 0 Å². The summed E-state index contributed by atoms with van der Waals surface area (Å²) >= 11 is 3.26. The Balaban J connectivity index is 2.18. The summed E-state index contributed by atoms with van der Waals surface area (Å²) in [5, 5.41) is 13.5. The molecule has 0 aliphatic carbocycles. The normalized spacial score (nSPS) is 20.9. The molecular weight excluding hydrogens is 264 g/mol. The van der Waals surface area contributed by atoms with Crippen molar-refractivity contribution in [2.75, 3.05) is 6.54 Å². The highest BCUT2D eigenvalue weighted by Crippen LogP contribution is 2.31. The monoisotopic (exact) mass is 274 g/mol. The van der Waals surface area contributed by atoms with Crippen molar-refractivity contribution in [3.63, 3.8) is 0 Å². The Morgan fingerprint density at radius 3 is 3.20 bits per heavy atom. The number of carboxylic acid groups (broad SMARTS) is 1. The molecule has 0 saturated carbocycles. The van der Waals surface area contributed by atoms with E-state index in [0.717, 1.165) is 18.6 Å². The Labute approximate surface area is 95.2 Å². The molecule has 1 N–H and O–H groups in total. The second kappa shape index (κ2) is 4.22. The number of rotatable bonds is 2. The molecule has 1 aliphatic rings. The van der Waals surface area contributed by atoms with Crippen LogP contribution in [0.15, 0.2) is 10.6 Å². The molecule has 2 heterocycles. The predicted molar refractivity (Wildman–Crippen MR) is 55.8 cm³/mol. The van der Waals surface area contributed by atoms with Crippen LogP contribution in [0.4, 0.5) is 4.79 Å². The summed E-state index contributed by atoms with van der Waals surface area (Å²) in [6, 6.07) is 1.67. The van der Waals surface area contributed by atoms with Crippen molar-refractivity contribution in [2.45, 2.75) is 24.2 Å². The number of carbonyl (C=O) groups is 1. The molecule has 82 valence electrons. The second-order valence-corrected chi connectivity index (χ2v) is 4.05. The lowest BCUT2D eigenvalue weighted by molar-refractivity contribution is 0.138. The molecule has 0 bridgehead atoms. The van der Waals surface area contributed by atoms with Gasteiger partial charge in [-0.2, -0.15) is 0 Å². The molecule has 5 nitrogen and oxygen atoms in total. The quantitative estimate of drug-likeness (QED) is 0.841. The van der Waals surface area contributed by atoms with Crippen LogP contribution in [0.25, 0.3) is 0 Å². The Morgan fingerprint density at radius 1 is 1.80 bits per heavy atom. The van der Waals surface area contributed by atoms with E-state index in [4.69, 9.17) is 9.63 Å². The minimum Gasteiger partial charge on any atom is -0.465 e. The van der Waals surface area contributed by atoms with Gasteiger partial charge in [-0.3, -0.25) is 4.90 Å². The number of hydrogen-bond donors (Lipinski definition) is 1. The maximum atomic E-state index is 10.9. The van der Waals surface area contributed by atoms with Crippen molar-refractivity contribution < 1.29 is 14.4 Å².